The smallest absolute Gasteiger partial charge is 0.391 e. The highest BCUT2D eigenvalue weighted by molar-refractivity contribution is 4.66. The molecule has 5 atom stereocenters. The van der Waals surface area contributed by atoms with Crippen LogP contribution in [0.15, 0.2) is 25.3 Å². The SMILES string of the molecule is C=CCCOCC(O)COCCC(O)COCC(F)(F)OC(F)(F)COCOCCOCC(O)COCCOCC(F)(F)OC(F)(F)OC(F)(F)COCC(O)CCOCC(O)COCCC=C. The summed E-state index contributed by atoms with van der Waals surface area (Å²) in [5, 5.41) is 48.8. The van der Waals surface area contributed by atoms with Gasteiger partial charge < -0.3 is 77.6 Å². The van der Waals surface area contributed by atoms with Crippen LogP contribution >= 0.6 is 0 Å². The molecule has 29 heteroatoms. The summed E-state index contributed by atoms with van der Waals surface area (Å²) in [6.45, 7) is -4.59. The Morgan fingerprint density at radius 1 is 0.338 bits per heavy atom. The van der Waals surface area contributed by atoms with Crippen LogP contribution in [0, 0.1) is 0 Å². The van der Waals surface area contributed by atoms with E-state index in [-0.39, 0.29) is 72.3 Å². The van der Waals surface area contributed by atoms with Crippen LogP contribution in [-0.2, 0) is 66.3 Å². The van der Waals surface area contributed by atoms with Gasteiger partial charge in [0, 0.05) is 13.2 Å². The molecule has 5 unspecified atom stereocenters. The summed E-state index contributed by atoms with van der Waals surface area (Å²) in [5.41, 5.74) is 0. The maximum absolute atomic E-state index is 13.9. The van der Waals surface area contributed by atoms with Crippen molar-refractivity contribution in [1.29, 1.82) is 0 Å². The summed E-state index contributed by atoms with van der Waals surface area (Å²) in [5.74, 6) is 0. The standard InChI is InChI=1S/C39H66F10O19/c1-3-5-9-55-19-32(52)21-57-11-7-30(50)17-63-26-35(40,41)66-36(42,43)28-65-29-62-16-14-60-24-34(54)23-59-13-15-61-25-37(44,45)67-39(48,49)68-38(46,47)27-64-18-31(51)8-12-58-22-33(53)20-56-10-6-4-2/h3-4,30-34,50-54H,1-2,5-29H2. The first-order valence-corrected chi connectivity index (χ1v) is 20.9. The minimum atomic E-state index is -5.54. The Bertz CT molecular complexity index is 1240. The molecule has 0 radical (unpaired) electrons. The van der Waals surface area contributed by atoms with E-state index in [9.17, 15) is 69.4 Å². The van der Waals surface area contributed by atoms with E-state index in [1.165, 1.54) is 0 Å². The second-order valence-corrected chi connectivity index (χ2v) is 14.2. The molecule has 0 amide bonds. The van der Waals surface area contributed by atoms with Gasteiger partial charge >= 0.3 is 30.7 Å². The molecule has 0 fully saturated rings. The van der Waals surface area contributed by atoms with Crippen molar-refractivity contribution in [2.75, 3.05) is 139 Å². The first-order chi connectivity index (χ1) is 31.9. The topological polar surface area (TPSA) is 230 Å². The third kappa shape index (κ3) is 41.8. The largest absolute Gasteiger partial charge is 0.495 e. The zero-order valence-electron chi connectivity index (χ0n) is 37.4. The van der Waals surface area contributed by atoms with Gasteiger partial charge in [-0.3, -0.25) is 4.74 Å². The van der Waals surface area contributed by atoms with E-state index in [1.54, 1.807) is 12.2 Å². The van der Waals surface area contributed by atoms with Crippen LogP contribution in [0.1, 0.15) is 25.7 Å². The zero-order valence-corrected chi connectivity index (χ0v) is 37.4. The molecule has 68 heavy (non-hydrogen) atoms. The van der Waals surface area contributed by atoms with Crippen molar-refractivity contribution in [2.45, 2.75) is 86.9 Å². The van der Waals surface area contributed by atoms with E-state index in [0.717, 1.165) is 0 Å². The minimum absolute atomic E-state index is 0.00936. The van der Waals surface area contributed by atoms with E-state index >= 15 is 0 Å². The molecule has 0 saturated carbocycles. The van der Waals surface area contributed by atoms with E-state index in [2.05, 4.69) is 46.3 Å². The molecular formula is C39H66F10O19. The maximum Gasteiger partial charge on any atom is 0.495 e. The van der Waals surface area contributed by atoms with Gasteiger partial charge in [-0.1, -0.05) is 12.2 Å². The summed E-state index contributed by atoms with van der Waals surface area (Å²) in [6, 6.07) is 0. The summed E-state index contributed by atoms with van der Waals surface area (Å²) in [4.78, 5) is 0. The summed E-state index contributed by atoms with van der Waals surface area (Å²) in [6.07, 6.45) is -25.9. The van der Waals surface area contributed by atoms with Crippen LogP contribution in [0.25, 0.3) is 0 Å². The van der Waals surface area contributed by atoms with Gasteiger partial charge in [-0.15, -0.1) is 21.9 Å². The number of alkyl halides is 10. The molecule has 0 aromatic carbocycles. The molecule has 0 heterocycles. The molecule has 0 spiro atoms. The number of hydrogen-bond donors (Lipinski definition) is 5. The highest BCUT2D eigenvalue weighted by Gasteiger charge is 2.52. The van der Waals surface area contributed by atoms with Crippen LogP contribution in [0.4, 0.5) is 43.9 Å². The number of hydrogen-bond acceptors (Lipinski definition) is 19. The normalized spacial score (nSPS) is 15.3. The highest BCUT2D eigenvalue weighted by atomic mass is 19.3. The van der Waals surface area contributed by atoms with E-state index < -0.39 is 128 Å². The fraction of sp³-hybridized carbons (Fsp3) is 0.897. The Morgan fingerprint density at radius 3 is 1.03 bits per heavy atom. The molecule has 0 rings (SSSR count). The zero-order chi connectivity index (χ0) is 51.4. The first kappa shape index (κ1) is 66.0. The lowest BCUT2D eigenvalue weighted by Crippen LogP contribution is -2.44. The van der Waals surface area contributed by atoms with Gasteiger partial charge in [-0.2, -0.15) is 35.1 Å². The first-order valence-electron chi connectivity index (χ1n) is 20.9. The molecule has 406 valence electrons. The van der Waals surface area contributed by atoms with Crippen LogP contribution in [0.5, 0.6) is 0 Å². The highest BCUT2D eigenvalue weighted by Crippen LogP contribution is 2.34. The van der Waals surface area contributed by atoms with Gasteiger partial charge in [-0.25, -0.2) is 9.47 Å². The van der Waals surface area contributed by atoms with Gasteiger partial charge in [0.2, 0.25) is 0 Å². The van der Waals surface area contributed by atoms with Gasteiger partial charge in [0.05, 0.1) is 105 Å². The van der Waals surface area contributed by atoms with Gasteiger partial charge in [-0.05, 0) is 25.7 Å². The third-order valence-electron chi connectivity index (χ3n) is 7.43. The van der Waals surface area contributed by atoms with E-state index in [0.29, 0.717) is 26.1 Å². The third-order valence-corrected chi connectivity index (χ3v) is 7.43. The van der Waals surface area contributed by atoms with E-state index in [1.807, 2.05) is 0 Å². The molecule has 0 bridgehead atoms. The second kappa shape index (κ2) is 37.7. The van der Waals surface area contributed by atoms with Gasteiger partial charge in [0.1, 0.15) is 51.5 Å². The van der Waals surface area contributed by atoms with Crippen molar-refractivity contribution >= 4 is 0 Å². The Labute approximate surface area is 386 Å². The van der Waals surface area contributed by atoms with Gasteiger partial charge in [0.15, 0.2) is 0 Å². The fourth-order valence-electron chi connectivity index (χ4n) is 4.44. The lowest BCUT2D eigenvalue weighted by Gasteiger charge is -2.26. The average Bonchev–Trinajstić information content (AvgIpc) is 3.22. The van der Waals surface area contributed by atoms with Crippen LogP contribution < -0.4 is 0 Å². The van der Waals surface area contributed by atoms with Crippen LogP contribution in [-0.4, -0.2) is 226 Å². The quantitative estimate of drug-likeness (QED) is 0.0255. The Kier molecular flexibility index (Phi) is 36.7. The Hall–Kier alpha value is -1.98. The molecule has 0 aliphatic carbocycles. The lowest BCUT2D eigenvalue weighted by atomic mass is 10.3. The number of aliphatic hydroxyl groups is 5. The molecule has 0 aliphatic heterocycles. The van der Waals surface area contributed by atoms with Crippen molar-refractivity contribution in [1.82, 2.24) is 0 Å². The van der Waals surface area contributed by atoms with Crippen molar-refractivity contribution in [3.63, 3.8) is 0 Å². The number of aliphatic hydroxyl groups excluding tert-OH is 5. The molecule has 0 aromatic rings. The summed E-state index contributed by atoms with van der Waals surface area (Å²) < 4.78 is 201. The molecule has 0 saturated heterocycles. The van der Waals surface area contributed by atoms with Crippen molar-refractivity contribution in [3.8, 4) is 0 Å². The minimum Gasteiger partial charge on any atom is -0.391 e. The maximum atomic E-state index is 13.9. The second-order valence-electron chi connectivity index (χ2n) is 14.2. The molecule has 19 nitrogen and oxygen atoms in total. The predicted octanol–water partition coefficient (Wildman–Crippen LogP) is 2.83. The number of ether oxygens (including phenoxy) is 14. The van der Waals surface area contributed by atoms with E-state index in [4.69, 9.17) is 33.2 Å². The monoisotopic (exact) mass is 1030 g/mol. The molecule has 0 aromatic heterocycles. The van der Waals surface area contributed by atoms with Crippen molar-refractivity contribution in [2.24, 2.45) is 0 Å². The lowest BCUT2D eigenvalue weighted by molar-refractivity contribution is -0.518. The molecule has 0 aliphatic rings. The predicted molar refractivity (Wildman–Crippen MR) is 211 cm³/mol. The molecule has 5 N–H and O–H groups in total. The number of rotatable bonds is 50. The van der Waals surface area contributed by atoms with Gasteiger partial charge in [0.25, 0.3) is 0 Å². The Balaban J connectivity index is 4.04. The summed E-state index contributed by atoms with van der Waals surface area (Å²) in [7, 11) is 0. The molecular weight excluding hydrogens is 962 g/mol. The number of halogens is 10. The van der Waals surface area contributed by atoms with Crippen LogP contribution in [0.3, 0.4) is 0 Å². The van der Waals surface area contributed by atoms with Crippen LogP contribution in [0.2, 0.25) is 0 Å². The fourth-order valence-corrected chi connectivity index (χ4v) is 4.44. The Morgan fingerprint density at radius 2 is 0.632 bits per heavy atom. The van der Waals surface area contributed by atoms with Crippen molar-refractivity contribution < 1.29 is 136 Å². The average molecular weight is 1030 g/mol. The van der Waals surface area contributed by atoms with Crippen molar-refractivity contribution in [3.05, 3.63) is 25.3 Å². The summed E-state index contributed by atoms with van der Waals surface area (Å²) >= 11 is 0.